The van der Waals surface area contributed by atoms with E-state index in [4.69, 9.17) is 9.15 Å². The maximum absolute atomic E-state index is 10.8. The van der Waals surface area contributed by atoms with Crippen LogP contribution in [0.5, 0.6) is 0 Å². The van der Waals surface area contributed by atoms with Gasteiger partial charge in [-0.3, -0.25) is 4.79 Å². The largest absolute Gasteiger partial charge is 0.463 e. The molecule has 0 unspecified atom stereocenters. The molecule has 80 valence electrons. The molecule has 0 aromatic carbocycles. The molecule has 2 aromatic rings. The monoisotopic (exact) mass is 207 g/mol. The van der Waals surface area contributed by atoms with Crippen molar-refractivity contribution in [2.45, 2.75) is 27.0 Å². The van der Waals surface area contributed by atoms with Gasteiger partial charge in [0.1, 0.15) is 0 Å². The summed E-state index contributed by atoms with van der Waals surface area (Å²) < 4.78 is 12.2. The highest BCUT2D eigenvalue weighted by molar-refractivity contribution is 5.75. The van der Waals surface area contributed by atoms with Crippen molar-refractivity contribution >= 4 is 17.1 Å². The lowest BCUT2D eigenvalue weighted by atomic mass is 10.3. The number of esters is 1. The van der Waals surface area contributed by atoms with E-state index in [2.05, 4.69) is 6.92 Å². The molecule has 0 bridgehead atoms. The Morgan fingerprint density at radius 3 is 3.07 bits per heavy atom. The van der Waals surface area contributed by atoms with E-state index in [0.717, 1.165) is 23.2 Å². The summed E-state index contributed by atoms with van der Waals surface area (Å²) in [4.78, 5) is 10.8. The van der Waals surface area contributed by atoms with Crippen molar-refractivity contribution in [3.05, 3.63) is 24.1 Å². The number of carbonyl (C=O) groups is 1. The van der Waals surface area contributed by atoms with E-state index in [1.54, 1.807) is 6.26 Å². The molecule has 0 aliphatic rings. The van der Waals surface area contributed by atoms with E-state index in [9.17, 15) is 4.79 Å². The fraction of sp³-hybridized carbons (Fsp3) is 0.364. The SMILES string of the molecule is CCc1cc2occc2n1COC(C)=O. The van der Waals surface area contributed by atoms with Gasteiger partial charge in [0.25, 0.3) is 0 Å². The molecule has 0 radical (unpaired) electrons. The van der Waals surface area contributed by atoms with Crippen molar-refractivity contribution in [1.82, 2.24) is 4.57 Å². The second-order valence-corrected chi connectivity index (χ2v) is 3.35. The van der Waals surface area contributed by atoms with Crippen LogP contribution in [0.4, 0.5) is 0 Å². The number of ether oxygens (including phenoxy) is 1. The van der Waals surface area contributed by atoms with Gasteiger partial charge in [-0.2, -0.15) is 0 Å². The molecule has 2 rings (SSSR count). The maximum atomic E-state index is 10.8. The quantitative estimate of drug-likeness (QED) is 0.725. The van der Waals surface area contributed by atoms with Crippen LogP contribution in [0.15, 0.2) is 22.8 Å². The molecule has 15 heavy (non-hydrogen) atoms. The number of aromatic nitrogens is 1. The van der Waals surface area contributed by atoms with Crippen molar-refractivity contribution in [2.75, 3.05) is 0 Å². The van der Waals surface area contributed by atoms with Gasteiger partial charge in [0, 0.05) is 24.8 Å². The third kappa shape index (κ3) is 1.75. The van der Waals surface area contributed by atoms with Crippen LogP contribution in [-0.2, 0) is 22.7 Å². The highest BCUT2D eigenvalue weighted by atomic mass is 16.5. The van der Waals surface area contributed by atoms with Crippen molar-refractivity contribution in [2.24, 2.45) is 0 Å². The van der Waals surface area contributed by atoms with Crippen LogP contribution in [-0.4, -0.2) is 10.5 Å². The van der Waals surface area contributed by atoms with Crippen molar-refractivity contribution in [3.8, 4) is 0 Å². The molecule has 0 saturated heterocycles. The van der Waals surface area contributed by atoms with E-state index in [1.165, 1.54) is 6.92 Å². The smallest absolute Gasteiger partial charge is 0.304 e. The molecule has 0 amide bonds. The summed E-state index contributed by atoms with van der Waals surface area (Å²) in [5.41, 5.74) is 2.90. The second-order valence-electron chi connectivity index (χ2n) is 3.35. The van der Waals surface area contributed by atoms with Crippen molar-refractivity contribution in [3.63, 3.8) is 0 Å². The van der Waals surface area contributed by atoms with Gasteiger partial charge in [-0.15, -0.1) is 0 Å². The average Bonchev–Trinajstić information content (AvgIpc) is 2.73. The van der Waals surface area contributed by atoms with Gasteiger partial charge >= 0.3 is 5.97 Å². The zero-order valence-corrected chi connectivity index (χ0v) is 8.82. The zero-order chi connectivity index (χ0) is 10.8. The highest BCUT2D eigenvalue weighted by Crippen LogP contribution is 2.21. The summed E-state index contributed by atoms with van der Waals surface area (Å²) in [6, 6.07) is 3.84. The molecule has 0 atom stereocenters. The Hall–Kier alpha value is -1.71. The number of carbonyl (C=O) groups excluding carboxylic acids is 1. The van der Waals surface area contributed by atoms with E-state index in [0.29, 0.717) is 0 Å². The molecule has 0 aliphatic heterocycles. The van der Waals surface area contributed by atoms with Crippen LogP contribution in [0.2, 0.25) is 0 Å². The third-order valence-corrected chi connectivity index (χ3v) is 2.37. The molecule has 2 heterocycles. The van der Waals surface area contributed by atoms with Crippen LogP contribution in [0, 0.1) is 0 Å². The normalized spacial score (nSPS) is 10.8. The van der Waals surface area contributed by atoms with Crippen LogP contribution in [0.3, 0.4) is 0 Å². The minimum absolute atomic E-state index is 0.252. The lowest BCUT2D eigenvalue weighted by Gasteiger charge is -2.07. The minimum atomic E-state index is -0.276. The molecule has 0 aliphatic carbocycles. The fourth-order valence-corrected chi connectivity index (χ4v) is 1.63. The molecule has 4 nitrogen and oxygen atoms in total. The summed E-state index contributed by atoms with van der Waals surface area (Å²) in [6.07, 6.45) is 2.51. The molecule has 4 heteroatoms. The number of aryl methyl sites for hydroxylation is 1. The van der Waals surface area contributed by atoms with Gasteiger partial charge in [0.05, 0.1) is 11.8 Å². The lowest BCUT2D eigenvalue weighted by molar-refractivity contribution is -0.144. The van der Waals surface area contributed by atoms with Gasteiger partial charge in [0.2, 0.25) is 0 Å². The first-order valence-electron chi connectivity index (χ1n) is 4.91. The van der Waals surface area contributed by atoms with E-state index < -0.39 is 0 Å². The van der Waals surface area contributed by atoms with Gasteiger partial charge in [-0.25, -0.2) is 0 Å². The topological polar surface area (TPSA) is 44.4 Å². The Balaban J connectivity index is 2.36. The van der Waals surface area contributed by atoms with Crippen LogP contribution in [0.25, 0.3) is 11.1 Å². The number of rotatable bonds is 3. The Kier molecular flexibility index (Phi) is 2.49. The summed E-state index contributed by atoms with van der Waals surface area (Å²) in [5, 5.41) is 0. The second kappa shape index (κ2) is 3.81. The van der Waals surface area contributed by atoms with Crippen LogP contribution < -0.4 is 0 Å². The summed E-state index contributed by atoms with van der Waals surface area (Å²) in [7, 11) is 0. The first kappa shape index (κ1) is 9.83. The number of fused-ring (bicyclic) bond motifs is 1. The van der Waals surface area contributed by atoms with Gasteiger partial charge in [-0.05, 0) is 6.42 Å². The Bertz CT molecular complexity index is 481. The number of hydrogen-bond donors (Lipinski definition) is 0. The van der Waals surface area contributed by atoms with Crippen molar-refractivity contribution in [1.29, 1.82) is 0 Å². The predicted octanol–water partition coefficient (Wildman–Crippen LogP) is 2.32. The van der Waals surface area contributed by atoms with E-state index in [1.807, 2.05) is 16.7 Å². The lowest BCUT2D eigenvalue weighted by Crippen LogP contribution is -2.08. The Morgan fingerprint density at radius 2 is 2.40 bits per heavy atom. The first-order valence-corrected chi connectivity index (χ1v) is 4.91. The predicted molar refractivity (Wildman–Crippen MR) is 55.3 cm³/mol. The highest BCUT2D eigenvalue weighted by Gasteiger charge is 2.10. The summed E-state index contributed by atoms with van der Waals surface area (Å²) >= 11 is 0. The Labute approximate surface area is 87.4 Å². The number of nitrogens with zero attached hydrogens (tertiary/aromatic N) is 1. The molecular formula is C11H13NO3. The first-order chi connectivity index (χ1) is 7.22. The summed E-state index contributed by atoms with van der Waals surface area (Å²) in [6.45, 7) is 3.71. The zero-order valence-electron chi connectivity index (χ0n) is 8.82. The van der Waals surface area contributed by atoms with Gasteiger partial charge < -0.3 is 13.7 Å². The number of furan rings is 1. The maximum Gasteiger partial charge on any atom is 0.304 e. The molecule has 0 spiro atoms. The minimum Gasteiger partial charge on any atom is -0.463 e. The fourth-order valence-electron chi connectivity index (χ4n) is 1.63. The van der Waals surface area contributed by atoms with Gasteiger partial charge in [-0.1, -0.05) is 6.92 Å². The molecule has 0 fully saturated rings. The van der Waals surface area contributed by atoms with Gasteiger partial charge in [0.15, 0.2) is 12.3 Å². The van der Waals surface area contributed by atoms with E-state index in [-0.39, 0.29) is 12.7 Å². The van der Waals surface area contributed by atoms with Crippen LogP contribution >= 0.6 is 0 Å². The standard InChI is InChI=1S/C11H13NO3/c1-3-9-6-11-10(4-5-14-11)12(9)7-15-8(2)13/h4-6H,3,7H2,1-2H3. The van der Waals surface area contributed by atoms with E-state index >= 15 is 0 Å². The molecule has 2 aromatic heterocycles. The number of hydrogen-bond acceptors (Lipinski definition) is 3. The molecule has 0 saturated carbocycles. The van der Waals surface area contributed by atoms with Crippen molar-refractivity contribution < 1.29 is 13.9 Å². The molecular weight excluding hydrogens is 194 g/mol. The van der Waals surface area contributed by atoms with Crippen LogP contribution in [0.1, 0.15) is 19.5 Å². The molecule has 0 N–H and O–H groups in total. The average molecular weight is 207 g/mol. The Morgan fingerprint density at radius 1 is 1.60 bits per heavy atom. The summed E-state index contributed by atoms with van der Waals surface area (Å²) in [5.74, 6) is -0.276. The third-order valence-electron chi connectivity index (χ3n) is 2.37.